The van der Waals surface area contributed by atoms with Crippen LogP contribution in [0.15, 0.2) is 30.6 Å². The molecule has 0 aliphatic heterocycles. The molecule has 0 aliphatic rings. The van der Waals surface area contributed by atoms with Gasteiger partial charge in [-0.1, -0.05) is 0 Å². The Morgan fingerprint density at radius 3 is 2.60 bits per heavy atom. The summed E-state index contributed by atoms with van der Waals surface area (Å²) in [6.45, 7) is 0. The third kappa shape index (κ3) is 3.12. The Morgan fingerprint density at radius 2 is 2.05 bits per heavy atom. The van der Waals surface area contributed by atoms with E-state index in [0.717, 1.165) is 5.56 Å². The van der Waals surface area contributed by atoms with Crippen LogP contribution in [0.4, 0.5) is 5.69 Å². The van der Waals surface area contributed by atoms with Crippen LogP contribution in [-0.2, 0) is 5.88 Å². The quantitative estimate of drug-likeness (QED) is 0.479. The van der Waals surface area contributed by atoms with Gasteiger partial charge in [-0.2, -0.15) is 0 Å². The van der Waals surface area contributed by atoms with Crippen molar-refractivity contribution in [3.05, 3.63) is 46.3 Å². The molecule has 0 spiro atoms. The molecule has 0 amide bonds. The summed E-state index contributed by atoms with van der Waals surface area (Å²) >= 11 is 5.62. The smallest absolute Gasteiger partial charge is 0.322 e. The molecule has 0 atom stereocenters. The van der Waals surface area contributed by atoms with Gasteiger partial charge in [-0.25, -0.2) is 9.97 Å². The van der Waals surface area contributed by atoms with Crippen molar-refractivity contribution in [1.82, 2.24) is 9.97 Å². The Balaban J connectivity index is 2.32. The van der Waals surface area contributed by atoms with Crippen LogP contribution in [0, 0.1) is 10.1 Å². The SMILES string of the molecule is COc1ccc([N+](=O)[O-])c(Oc2ncc(CCl)cn2)c1. The van der Waals surface area contributed by atoms with Gasteiger partial charge in [0, 0.05) is 30.1 Å². The molecule has 0 radical (unpaired) electrons. The Kier molecular flexibility index (Phi) is 4.31. The average molecular weight is 296 g/mol. The average Bonchev–Trinajstić information content (AvgIpc) is 2.47. The van der Waals surface area contributed by atoms with Crippen molar-refractivity contribution in [2.45, 2.75) is 5.88 Å². The van der Waals surface area contributed by atoms with Crippen molar-refractivity contribution in [2.24, 2.45) is 0 Å². The van der Waals surface area contributed by atoms with E-state index in [2.05, 4.69) is 9.97 Å². The zero-order valence-corrected chi connectivity index (χ0v) is 11.2. The van der Waals surface area contributed by atoms with Gasteiger partial charge in [-0.05, 0) is 6.07 Å². The molecule has 1 aromatic carbocycles. The van der Waals surface area contributed by atoms with E-state index in [1.54, 1.807) is 0 Å². The van der Waals surface area contributed by atoms with Gasteiger partial charge >= 0.3 is 11.7 Å². The summed E-state index contributed by atoms with van der Waals surface area (Å²) in [5.41, 5.74) is 0.523. The minimum atomic E-state index is -0.554. The first-order chi connectivity index (χ1) is 9.63. The van der Waals surface area contributed by atoms with Crippen LogP contribution in [-0.4, -0.2) is 22.0 Å². The highest BCUT2D eigenvalue weighted by Gasteiger charge is 2.17. The number of hydrogen-bond acceptors (Lipinski definition) is 6. The third-order valence-electron chi connectivity index (χ3n) is 2.40. The summed E-state index contributed by atoms with van der Waals surface area (Å²) < 4.78 is 10.3. The molecule has 2 rings (SSSR count). The number of ether oxygens (including phenoxy) is 2. The molecule has 104 valence electrons. The second-order valence-electron chi connectivity index (χ2n) is 3.70. The fourth-order valence-corrected chi connectivity index (χ4v) is 1.56. The highest BCUT2D eigenvalue weighted by molar-refractivity contribution is 6.17. The molecule has 0 N–H and O–H groups in total. The topological polar surface area (TPSA) is 87.4 Å². The Bertz CT molecular complexity index is 619. The summed E-state index contributed by atoms with van der Waals surface area (Å²) in [5.74, 6) is 0.718. The Labute approximate surface area is 119 Å². The summed E-state index contributed by atoms with van der Waals surface area (Å²) in [7, 11) is 1.46. The molecule has 8 heteroatoms. The molecule has 20 heavy (non-hydrogen) atoms. The first kappa shape index (κ1) is 14.0. The maximum absolute atomic E-state index is 10.9. The highest BCUT2D eigenvalue weighted by Crippen LogP contribution is 2.33. The van der Waals surface area contributed by atoms with E-state index < -0.39 is 4.92 Å². The predicted molar refractivity (Wildman–Crippen MR) is 71.3 cm³/mol. The molecule has 0 bridgehead atoms. The summed E-state index contributed by atoms with van der Waals surface area (Å²) in [5, 5.41) is 10.9. The molecule has 0 saturated heterocycles. The van der Waals surface area contributed by atoms with Crippen molar-refractivity contribution in [3.8, 4) is 17.5 Å². The number of aromatic nitrogens is 2. The van der Waals surface area contributed by atoms with E-state index in [-0.39, 0.29) is 23.3 Å². The summed E-state index contributed by atoms with van der Waals surface area (Å²) in [6, 6.07) is 4.16. The number of nitro groups is 1. The van der Waals surface area contributed by atoms with Crippen LogP contribution in [0.25, 0.3) is 0 Å². The number of benzene rings is 1. The van der Waals surface area contributed by atoms with Crippen LogP contribution in [0.5, 0.6) is 17.5 Å². The molecule has 1 heterocycles. The van der Waals surface area contributed by atoms with E-state index >= 15 is 0 Å². The van der Waals surface area contributed by atoms with Crippen LogP contribution in [0.1, 0.15) is 5.56 Å². The minimum Gasteiger partial charge on any atom is -0.497 e. The van der Waals surface area contributed by atoms with Gasteiger partial charge in [0.05, 0.1) is 17.9 Å². The largest absolute Gasteiger partial charge is 0.497 e. The van der Waals surface area contributed by atoms with Crippen LogP contribution < -0.4 is 9.47 Å². The number of nitro benzene ring substituents is 1. The molecular weight excluding hydrogens is 286 g/mol. The van der Waals surface area contributed by atoms with E-state index in [1.165, 1.54) is 37.7 Å². The van der Waals surface area contributed by atoms with E-state index in [4.69, 9.17) is 21.1 Å². The first-order valence-corrected chi connectivity index (χ1v) is 6.04. The molecule has 0 fully saturated rings. The Morgan fingerprint density at radius 1 is 1.35 bits per heavy atom. The van der Waals surface area contributed by atoms with Gasteiger partial charge in [-0.3, -0.25) is 10.1 Å². The van der Waals surface area contributed by atoms with Crippen LogP contribution in [0.3, 0.4) is 0 Å². The van der Waals surface area contributed by atoms with E-state index in [1.807, 2.05) is 0 Å². The lowest BCUT2D eigenvalue weighted by Gasteiger charge is -2.06. The fraction of sp³-hybridized carbons (Fsp3) is 0.167. The zero-order chi connectivity index (χ0) is 14.5. The van der Waals surface area contributed by atoms with Gasteiger partial charge in [0.2, 0.25) is 5.75 Å². The van der Waals surface area contributed by atoms with E-state index in [9.17, 15) is 10.1 Å². The molecule has 7 nitrogen and oxygen atoms in total. The number of methoxy groups -OCH3 is 1. The van der Waals surface area contributed by atoms with Gasteiger partial charge in [0.1, 0.15) is 5.75 Å². The second kappa shape index (κ2) is 6.16. The van der Waals surface area contributed by atoms with Crippen molar-refractivity contribution >= 4 is 17.3 Å². The number of alkyl halides is 1. The standard InChI is InChI=1S/C12H10ClN3O4/c1-19-9-2-3-10(16(17)18)11(4-9)20-12-14-6-8(5-13)7-15-12/h2-4,6-7H,5H2,1H3. The lowest BCUT2D eigenvalue weighted by Crippen LogP contribution is -1.97. The van der Waals surface area contributed by atoms with Crippen molar-refractivity contribution in [2.75, 3.05) is 7.11 Å². The molecule has 0 saturated carbocycles. The number of hydrogen-bond donors (Lipinski definition) is 0. The van der Waals surface area contributed by atoms with Gasteiger partial charge < -0.3 is 9.47 Å². The summed E-state index contributed by atoms with van der Waals surface area (Å²) in [4.78, 5) is 18.2. The minimum absolute atomic E-state index is 0.00443. The first-order valence-electron chi connectivity index (χ1n) is 5.51. The highest BCUT2D eigenvalue weighted by atomic mass is 35.5. The Hall–Kier alpha value is -2.41. The number of nitrogens with zero attached hydrogens (tertiary/aromatic N) is 3. The maximum atomic E-state index is 10.9. The second-order valence-corrected chi connectivity index (χ2v) is 3.97. The van der Waals surface area contributed by atoms with Gasteiger partial charge in [-0.15, -0.1) is 11.6 Å². The normalized spacial score (nSPS) is 10.1. The van der Waals surface area contributed by atoms with Gasteiger partial charge in [0.25, 0.3) is 0 Å². The molecular formula is C12H10ClN3O4. The third-order valence-corrected chi connectivity index (χ3v) is 2.71. The van der Waals surface area contributed by atoms with E-state index in [0.29, 0.717) is 5.75 Å². The number of halogens is 1. The molecule has 0 aliphatic carbocycles. The zero-order valence-electron chi connectivity index (χ0n) is 10.4. The fourth-order valence-electron chi connectivity index (χ4n) is 1.42. The lowest BCUT2D eigenvalue weighted by molar-refractivity contribution is -0.385. The van der Waals surface area contributed by atoms with Crippen LogP contribution >= 0.6 is 11.6 Å². The predicted octanol–water partition coefficient (Wildman–Crippen LogP) is 2.92. The van der Waals surface area contributed by atoms with Crippen molar-refractivity contribution < 1.29 is 14.4 Å². The summed E-state index contributed by atoms with van der Waals surface area (Å²) in [6.07, 6.45) is 2.97. The van der Waals surface area contributed by atoms with Crippen molar-refractivity contribution in [3.63, 3.8) is 0 Å². The molecule has 1 aromatic heterocycles. The lowest BCUT2D eigenvalue weighted by atomic mass is 10.3. The monoisotopic (exact) mass is 295 g/mol. The van der Waals surface area contributed by atoms with Crippen LogP contribution in [0.2, 0.25) is 0 Å². The molecule has 2 aromatic rings. The van der Waals surface area contributed by atoms with Gasteiger partial charge in [0.15, 0.2) is 0 Å². The maximum Gasteiger partial charge on any atom is 0.322 e. The van der Waals surface area contributed by atoms with Crippen molar-refractivity contribution in [1.29, 1.82) is 0 Å². The molecule has 0 unspecified atom stereocenters. The number of rotatable bonds is 5.